The molecule has 27 heavy (non-hydrogen) atoms. The number of pyridine rings is 1. The topological polar surface area (TPSA) is 73.6 Å². The van der Waals surface area contributed by atoms with Gasteiger partial charge >= 0.3 is 0 Å². The highest BCUT2D eigenvalue weighted by atomic mass is 32.2. The number of nitrogens with zero attached hydrogens (tertiary/aromatic N) is 1. The molecule has 0 unspecified atom stereocenters. The van der Waals surface area contributed by atoms with Gasteiger partial charge in [0.2, 0.25) is 0 Å². The largest absolute Gasteiger partial charge is 0.467 e. The van der Waals surface area contributed by atoms with E-state index in [9.17, 15) is 4.79 Å². The van der Waals surface area contributed by atoms with Gasteiger partial charge in [-0.25, -0.2) is 0 Å². The van der Waals surface area contributed by atoms with Crippen molar-refractivity contribution in [3.05, 3.63) is 52.9 Å². The minimum atomic E-state index is -0.210. The highest BCUT2D eigenvalue weighted by Gasteiger charge is 2.23. The van der Waals surface area contributed by atoms with Crippen LogP contribution in [0.5, 0.6) is 5.75 Å². The summed E-state index contributed by atoms with van der Waals surface area (Å²) in [5.41, 5.74) is 3.52. The standard InChI is InChI=1S/C19H12N2O4S2/c22-18-16(27-19(26)21-18)5-13-4-11-6-20-7-14(17(11)25-13)10-1-2-15-12(3-10)8-23-9-24-15/h1-7H,8-9H2,(H,21,22,26). The van der Waals surface area contributed by atoms with Crippen molar-refractivity contribution in [3.63, 3.8) is 0 Å². The first-order chi connectivity index (χ1) is 13.2. The molecular weight excluding hydrogens is 384 g/mol. The summed E-state index contributed by atoms with van der Waals surface area (Å²) in [6, 6.07) is 7.78. The predicted molar refractivity (Wildman–Crippen MR) is 106 cm³/mol. The molecule has 1 aromatic carbocycles. The lowest BCUT2D eigenvalue weighted by atomic mass is 10.0. The Morgan fingerprint density at radius 2 is 2.19 bits per heavy atom. The molecule has 1 fully saturated rings. The molecule has 1 saturated heterocycles. The van der Waals surface area contributed by atoms with E-state index in [1.807, 2.05) is 24.3 Å². The van der Waals surface area contributed by atoms with E-state index >= 15 is 0 Å². The first-order valence-corrected chi connectivity index (χ1v) is 9.36. The Kier molecular flexibility index (Phi) is 3.96. The molecule has 0 radical (unpaired) electrons. The highest BCUT2D eigenvalue weighted by Crippen LogP contribution is 2.35. The van der Waals surface area contributed by atoms with Gasteiger partial charge in [-0.15, -0.1) is 0 Å². The fourth-order valence-electron chi connectivity index (χ4n) is 3.07. The van der Waals surface area contributed by atoms with Crippen LogP contribution in [0.25, 0.3) is 28.2 Å². The summed E-state index contributed by atoms with van der Waals surface area (Å²) in [4.78, 5) is 16.7. The summed E-state index contributed by atoms with van der Waals surface area (Å²) in [7, 11) is 0. The van der Waals surface area contributed by atoms with Gasteiger partial charge in [0.25, 0.3) is 5.91 Å². The lowest BCUT2D eigenvalue weighted by Gasteiger charge is -2.18. The van der Waals surface area contributed by atoms with Gasteiger partial charge in [0, 0.05) is 35.0 Å². The average molecular weight is 396 g/mol. The van der Waals surface area contributed by atoms with Crippen LogP contribution in [0.3, 0.4) is 0 Å². The summed E-state index contributed by atoms with van der Waals surface area (Å²) in [6.45, 7) is 0.781. The molecular formula is C19H12N2O4S2. The van der Waals surface area contributed by atoms with Gasteiger partial charge in [-0.1, -0.05) is 30.0 Å². The number of fused-ring (bicyclic) bond motifs is 2. The number of carbonyl (C=O) groups excluding carboxylic acids is 1. The molecule has 2 aliphatic heterocycles. The summed E-state index contributed by atoms with van der Waals surface area (Å²) in [6.07, 6.45) is 5.19. The van der Waals surface area contributed by atoms with Crippen molar-refractivity contribution >= 4 is 51.3 Å². The second-order valence-corrected chi connectivity index (χ2v) is 7.76. The molecule has 1 N–H and O–H groups in total. The van der Waals surface area contributed by atoms with Gasteiger partial charge in [0.05, 0.1) is 11.5 Å². The Morgan fingerprint density at radius 3 is 3.04 bits per heavy atom. The van der Waals surface area contributed by atoms with Crippen LogP contribution in [0.15, 0.2) is 46.0 Å². The van der Waals surface area contributed by atoms with E-state index in [-0.39, 0.29) is 12.7 Å². The average Bonchev–Trinajstić information content (AvgIpc) is 3.23. The quantitative estimate of drug-likeness (QED) is 0.521. The van der Waals surface area contributed by atoms with Gasteiger partial charge in [0.15, 0.2) is 6.79 Å². The summed E-state index contributed by atoms with van der Waals surface area (Å²) < 4.78 is 17.3. The van der Waals surface area contributed by atoms with Crippen molar-refractivity contribution in [3.8, 4) is 16.9 Å². The van der Waals surface area contributed by atoms with E-state index in [0.29, 0.717) is 27.2 Å². The number of hydrogen-bond donors (Lipinski definition) is 1. The molecule has 3 aromatic rings. The molecule has 6 nitrogen and oxygen atoms in total. The summed E-state index contributed by atoms with van der Waals surface area (Å²) in [5, 5.41) is 3.45. The van der Waals surface area contributed by atoms with Crippen molar-refractivity contribution in [2.45, 2.75) is 6.61 Å². The van der Waals surface area contributed by atoms with Crippen LogP contribution in [0.2, 0.25) is 0 Å². The number of thioether (sulfide) groups is 1. The van der Waals surface area contributed by atoms with Gasteiger partial charge in [-0.3, -0.25) is 9.78 Å². The number of nitrogens with one attached hydrogen (secondary N) is 1. The molecule has 2 aliphatic rings. The lowest BCUT2D eigenvalue weighted by molar-refractivity contribution is -0.115. The maximum atomic E-state index is 11.9. The Morgan fingerprint density at radius 1 is 1.26 bits per heavy atom. The smallest absolute Gasteiger partial charge is 0.263 e. The van der Waals surface area contributed by atoms with Crippen molar-refractivity contribution in [1.82, 2.24) is 10.3 Å². The number of aromatic nitrogens is 1. The van der Waals surface area contributed by atoms with Crippen LogP contribution in [0, 0.1) is 0 Å². The summed E-state index contributed by atoms with van der Waals surface area (Å²) in [5.74, 6) is 1.19. The van der Waals surface area contributed by atoms with Gasteiger partial charge in [-0.2, -0.15) is 0 Å². The van der Waals surface area contributed by atoms with Crippen molar-refractivity contribution in [2.75, 3.05) is 6.79 Å². The number of benzene rings is 1. The number of ether oxygens (including phenoxy) is 2. The molecule has 134 valence electrons. The number of amides is 1. The number of furan rings is 1. The van der Waals surface area contributed by atoms with E-state index in [4.69, 9.17) is 26.1 Å². The SMILES string of the molecule is O=C1NC(=S)SC1=Cc1cc2cncc(-c3ccc4c(c3)COCO4)c2o1. The molecule has 0 aliphatic carbocycles. The lowest BCUT2D eigenvalue weighted by Crippen LogP contribution is -2.17. The van der Waals surface area contributed by atoms with E-state index in [2.05, 4.69) is 10.3 Å². The predicted octanol–water partition coefficient (Wildman–Crippen LogP) is 3.85. The molecule has 4 heterocycles. The molecule has 8 heteroatoms. The minimum Gasteiger partial charge on any atom is -0.467 e. The third kappa shape index (κ3) is 3.01. The highest BCUT2D eigenvalue weighted by molar-refractivity contribution is 8.26. The van der Waals surface area contributed by atoms with E-state index in [0.717, 1.165) is 27.8 Å². The third-order valence-electron chi connectivity index (χ3n) is 4.28. The van der Waals surface area contributed by atoms with Crippen LogP contribution in [-0.4, -0.2) is 22.0 Å². The van der Waals surface area contributed by atoms with Crippen LogP contribution in [0.4, 0.5) is 0 Å². The van der Waals surface area contributed by atoms with Gasteiger partial charge in [0.1, 0.15) is 21.4 Å². The van der Waals surface area contributed by atoms with E-state index in [1.165, 1.54) is 11.8 Å². The third-order valence-corrected chi connectivity index (χ3v) is 5.45. The number of rotatable bonds is 2. The molecule has 0 saturated carbocycles. The molecule has 0 bridgehead atoms. The normalized spacial score (nSPS) is 17.9. The van der Waals surface area contributed by atoms with Crippen LogP contribution < -0.4 is 10.1 Å². The molecule has 2 aromatic heterocycles. The number of hydrogen-bond acceptors (Lipinski definition) is 7. The van der Waals surface area contributed by atoms with E-state index in [1.54, 1.807) is 18.5 Å². The van der Waals surface area contributed by atoms with Crippen LogP contribution in [-0.2, 0) is 16.1 Å². The Balaban J connectivity index is 1.58. The molecule has 5 rings (SSSR count). The zero-order chi connectivity index (χ0) is 18.4. The number of carbonyl (C=O) groups is 1. The Hall–Kier alpha value is -2.68. The zero-order valence-electron chi connectivity index (χ0n) is 13.9. The maximum Gasteiger partial charge on any atom is 0.263 e. The first kappa shape index (κ1) is 16.5. The minimum absolute atomic E-state index is 0.210. The molecule has 0 atom stereocenters. The van der Waals surface area contributed by atoms with Crippen molar-refractivity contribution < 1.29 is 18.7 Å². The fourth-order valence-corrected chi connectivity index (χ4v) is 4.09. The zero-order valence-corrected chi connectivity index (χ0v) is 15.5. The molecule has 1 amide bonds. The van der Waals surface area contributed by atoms with Crippen LogP contribution >= 0.6 is 24.0 Å². The van der Waals surface area contributed by atoms with Crippen molar-refractivity contribution in [2.24, 2.45) is 0 Å². The Bertz CT molecular complexity index is 1140. The monoisotopic (exact) mass is 396 g/mol. The Labute approximate surface area is 163 Å². The summed E-state index contributed by atoms with van der Waals surface area (Å²) >= 11 is 6.24. The fraction of sp³-hybridized carbons (Fsp3) is 0.105. The first-order valence-electron chi connectivity index (χ1n) is 8.13. The second-order valence-electron chi connectivity index (χ2n) is 6.04. The van der Waals surface area contributed by atoms with Crippen LogP contribution in [0.1, 0.15) is 11.3 Å². The second kappa shape index (κ2) is 6.49. The number of thiocarbonyl (C=S) groups is 1. The van der Waals surface area contributed by atoms with Crippen molar-refractivity contribution in [1.29, 1.82) is 0 Å². The van der Waals surface area contributed by atoms with Gasteiger partial charge in [-0.05, 0) is 23.8 Å². The maximum absolute atomic E-state index is 11.9. The van der Waals surface area contributed by atoms with Gasteiger partial charge < -0.3 is 19.2 Å². The van der Waals surface area contributed by atoms with E-state index < -0.39 is 0 Å². The molecule has 0 spiro atoms.